The number of aliphatic hydroxyl groups excluding tert-OH is 1. The number of nitro benzene ring substituents is 1. The average Bonchev–Trinajstić information content (AvgIpc) is 3.00. The number of rotatable bonds is 4. The SMILES string of the molecule is O=[N+]([O-])c1cccc(-c2onc(-c3cc(Cl)ccc3Cl)c2CO)c1. The smallest absolute Gasteiger partial charge is 0.270 e. The summed E-state index contributed by atoms with van der Waals surface area (Å²) in [5.74, 6) is 0.243. The molecule has 0 amide bonds. The zero-order chi connectivity index (χ0) is 17.3. The van der Waals surface area contributed by atoms with Crippen LogP contribution in [-0.4, -0.2) is 15.2 Å². The van der Waals surface area contributed by atoms with Crippen molar-refractivity contribution in [2.45, 2.75) is 6.61 Å². The third-order valence-corrected chi connectivity index (χ3v) is 4.01. The van der Waals surface area contributed by atoms with Crippen LogP contribution in [0.1, 0.15) is 5.56 Å². The summed E-state index contributed by atoms with van der Waals surface area (Å²) in [6.07, 6.45) is 0. The van der Waals surface area contributed by atoms with E-state index in [0.29, 0.717) is 32.4 Å². The Bertz CT molecular complexity index is 924. The maximum Gasteiger partial charge on any atom is 0.270 e. The second kappa shape index (κ2) is 6.60. The van der Waals surface area contributed by atoms with E-state index in [4.69, 9.17) is 27.7 Å². The van der Waals surface area contributed by atoms with Crippen LogP contribution < -0.4 is 0 Å². The quantitative estimate of drug-likeness (QED) is 0.534. The zero-order valence-electron chi connectivity index (χ0n) is 12.1. The first-order valence-corrected chi connectivity index (χ1v) is 7.56. The summed E-state index contributed by atoms with van der Waals surface area (Å²) in [4.78, 5) is 10.4. The van der Waals surface area contributed by atoms with Crippen LogP contribution in [0.25, 0.3) is 22.6 Å². The predicted octanol–water partition coefficient (Wildman–Crippen LogP) is 4.72. The second-order valence-electron chi connectivity index (χ2n) is 4.93. The molecule has 3 aromatic rings. The molecule has 1 heterocycles. The monoisotopic (exact) mass is 364 g/mol. The van der Waals surface area contributed by atoms with E-state index in [2.05, 4.69) is 5.16 Å². The Balaban J connectivity index is 2.16. The van der Waals surface area contributed by atoms with Gasteiger partial charge in [0.25, 0.3) is 5.69 Å². The number of hydrogen-bond acceptors (Lipinski definition) is 5. The second-order valence-corrected chi connectivity index (χ2v) is 5.77. The maximum absolute atomic E-state index is 10.9. The Hall–Kier alpha value is -2.41. The zero-order valence-corrected chi connectivity index (χ0v) is 13.6. The van der Waals surface area contributed by atoms with Gasteiger partial charge in [-0.15, -0.1) is 0 Å². The lowest BCUT2D eigenvalue weighted by Gasteiger charge is -2.04. The summed E-state index contributed by atoms with van der Waals surface area (Å²) in [5.41, 5.74) is 1.57. The molecule has 0 fully saturated rings. The van der Waals surface area contributed by atoms with Gasteiger partial charge in [0.05, 0.1) is 22.1 Å². The van der Waals surface area contributed by atoms with E-state index in [1.54, 1.807) is 24.3 Å². The molecule has 0 saturated heterocycles. The minimum atomic E-state index is -0.507. The van der Waals surface area contributed by atoms with Gasteiger partial charge in [-0.1, -0.05) is 40.5 Å². The molecule has 0 radical (unpaired) electrons. The third-order valence-electron chi connectivity index (χ3n) is 3.45. The van der Waals surface area contributed by atoms with E-state index in [1.165, 1.54) is 18.2 Å². The van der Waals surface area contributed by atoms with Crippen LogP contribution >= 0.6 is 23.2 Å². The molecule has 0 aliphatic rings. The number of hydrogen-bond donors (Lipinski definition) is 1. The van der Waals surface area contributed by atoms with Crippen LogP contribution in [0.4, 0.5) is 5.69 Å². The van der Waals surface area contributed by atoms with E-state index in [0.717, 1.165) is 0 Å². The van der Waals surface area contributed by atoms with Gasteiger partial charge in [-0.25, -0.2) is 0 Å². The van der Waals surface area contributed by atoms with Crippen molar-refractivity contribution in [3.63, 3.8) is 0 Å². The van der Waals surface area contributed by atoms with Crippen molar-refractivity contribution < 1.29 is 14.6 Å². The van der Waals surface area contributed by atoms with Gasteiger partial charge < -0.3 is 9.63 Å². The lowest BCUT2D eigenvalue weighted by Crippen LogP contribution is -1.91. The summed E-state index contributed by atoms with van der Waals surface area (Å²) in [6.45, 7) is -0.375. The third kappa shape index (κ3) is 2.99. The first-order chi connectivity index (χ1) is 11.5. The van der Waals surface area contributed by atoms with E-state index in [1.807, 2.05) is 0 Å². The summed E-state index contributed by atoms with van der Waals surface area (Å²) in [7, 11) is 0. The molecule has 3 rings (SSSR count). The number of nitro groups is 1. The molecule has 0 bridgehead atoms. The van der Waals surface area contributed by atoms with Crippen LogP contribution in [0.15, 0.2) is 47.0 Å². The highest BCUT2D eigenvalue weighted by Crippen LogP contribution is 2.37. The largest absolute Gasteiger partial charge is 0.391 e. The van der Waals surface area contributed by atoms with Crippen molar-refractivity contribution in [3.8, 4) is 22.6 Å². The van der Waals surface area contributed by atoms with Gasteiger partial charge in [-0.05, 0) is 18.2 Å². The Morgan fingerprint density at radius 2 is 2.00 bits per heavy atom. The van der Waals surface area contributed by atoms with Gasteiger partial charge in [0.15, 0.2) is 5.76 Å². The molecule has 0 unspecified atom stereocenters. The Morgan fingerprint density at radius 1 is 1.21 bits per heavy atom. The standard InChI is InChI=1S/C16H10Cl2N2O4/c17-10-4-5-14(18)12(7-10)15-13(8-21)16(24-19-15)9-2-1-3-11(6-9)20(22)23/h1-7,21H,8H2. The normalized spacial score (nSPS) is 10.8. The van der Waals surface area contributed by atoms with Gasteiger partial charge in [0.2, 0.25) is 0 Å². The van der Waals surface area contributed by atoms with Crippen molar-refractivity contribution in [1.82, 2.24) is 5.16 Å². The van der Waals surface area contributed by atoms with Gasteiger partial charge in [-0.3, -0.25) is 10.1 Å². The summed E-state index contributed by atoms with van der Waals surface area (Å²) >= 11 is 12.2. The van der Waals surface area contributed by atoms with Crippen molar-refractivity contribution in [1.29, 1.82) is 0 Å². The van der Waals surface area contributed by atoms with Crippen LogP contribution in [-0.2, 0) is 6.61 Å². The highest BCUT2D eigenvalue weighted by Gasteiger charge is 2.21. The molecule has 0 saturated carbocycles. The van der Waals surface area contributed by atoms with Crippen molar-refractivity contribution >= 4 is 28.9 Å². The van der Waals surface area contributed by atoms with Crippen LogP contribution in [0, 0.1) is 10.1 Å². The molecule has 2 aromatic carbocycles. The van der Waals surface area contributed by atoms with Gasteiger partial charge in [0, 0.05) is 28.3 Å². The van der Waals surface area contributed by atoms with Crippen LogP contribution in [0.5, 0.6) is 0 Å². The molecule has 1 aromatic heterocycles. The van der Waals surface area contributed by atoms with E-state index in [-0.39, 0.29) is 18.1 Å². The van der Waals surface area contributed by atoms with Crippen LogP contribution in [0.2, 0.25) is 10.0 Å². The van der Waals surface area contributed by atoms with Gasteiger partial charge in [0.1, 0.15) is 5.69 Å². The molecule has 122 valence electrons. The molecule has 0 spiro atoms. The average molecular weight is 365 g/mol. The summed E-state index contributed by atoms with van der Waals surface area (Å²) in [6, 6.07) is 10.7. The topological polar surface area (TPSA) is 89.4 Å². The first kappa shape index (κ1) is 16.4. The minimum Gasteiger partial charge on any atom is -0.391 e. The molecule has 1 N–H and O–H groups in total. The number of benzene rings is 2. The number of aliphatic hydroxyl groups is 1. The van der Waals surface area contributed by atoms with E-state index >= 15 is 0 Å². The molecule has 8 heteroatoms. The van der Waals surface area contributed by atoms with E-state index in [9.17, 15) is 15.2 Å². The van der Waals surface area contributed by atoms with Crippen molar-refractivity contribution in [3.05, 3.63) is 68.2 Å². The Morgan fingerprint density at radius 3 is 2.71 bits per heavy atom. The fourth-order valence-corrected chi connectivity index (χ4v) is 2.71. The molecule has 24 heavy (non-hydrogen) atoms. The van der Waals surface area contributed by atoms with Crippen molar-refractivity contribution in [2.24, 2.45) is 0 Å². The first-order valence-electron chi connectivity index (χ1n) is 6.81. The molecule has 0 atom stereocenters. The highest BCUT2D eigenvalue weighted by molar-refractivity contribution is 6.35. The number of halogens is 2. The number of non-ortho nitro benzene ring substituents is 1. The van der Waals surface area contributed by atoms with Crippen molar-refractivity contribution in [2.75, 3.05) is 0 Å². The fraction of sp³-hybridized carbons (Fsp3) is 0.0625. The summed E-state index contributed by atoms with van der Waals surface area (Å²) < 4.78 is 5.32. The van der Waals surface area contributed by atoms with Gasteiger partial charge >= 0.3 is 0 Å². The lowest BCUT2D eigenvalue weighted by molar-refractivity contribution is -0.384. The molecular weight excluding hydrogens is 355 g/mol. The molecule has 6 nitrogen and oxygen atoms in total. The number of nitrogens with zero attached hydrogens (tertiary/aromatic N) is 2. The Kier molecular flexibility index (Phi) is 4.53. The van der Waals surface area contributed by atoms with Crippen LogP contribution in [0.3, 0.4) is 0 Å². The lowest BCUT2D eigenvalue weighted by atomic mass is 10.0. The van der Waals surface area contributed by atoms with E-state index < -0.39 is 4.92 Å². The van der Waals surface area contributed by atoms with Gasteiger partial charge in [-0.2, -0.15) is 0 Å². The summed E-state index contributed by atoms with van der Waals surface area (Å²) in [5, 5.41) is 25.5. The minimum absolute atomic E-state index is 0.0878. The maximum atomic E-state index is 10.9. The molecule has 0 aliphatic heterocycles. The predicted molar refractivity (Wildman–Crippen MR) is 90.0 cm³/mol. The molecular formula is C16H10Cl2N2O4. The Labute approximate surface area is 146 Å². The highest BCUT2D eigenvalue weighted by atomic mass is 35.5. The molecule has 0 aliphatic carbocycles. The number of aromatic nitrogens is 1. The fourth-order valence-electron chi connectivity index (χ4n) is 2.33.